The fraction of sp³-hybridized carbons (Fsp3) is 0.190. The van der Waals surface area contributed by atoms with E-state index in [9.17, 15) is 13.6 Å². The number of fused-ring (bicyclic) bond motifs is 1. The van der Waals surface area contributed by atoms with Gasteiger partial charge >= 0.3 is 0 Å². The van der Waals surface area contributed by atoms with Gasteiger partial charge in [-0.15, -0.1) is 24.2 Å². The number of aromatic nitrogens is 3. The molecule has 0 N–H and O–H groups in total. The second kappa shape index (κ2) is 10.2. The highest BCUT2D eigenvalue weighted by molar-refractivity contribution is 7.98. The van der Waals surface area contributed by atoms with Gasteiger partial charge in [0.25, 0.3) is 5.91 Å². The van der Waals surface area contributed by atoms with Gasteiger partial charge in [-0.25, -0.2) is 18.7 Å². The van der Waals surface area contributed by atoms with Gasteiger partial charge < -0.3 is 4.57 Å². The van der Waals surface area contributed by atoms with Crippen LogP contribution in [0.15, 0.2) is 60.0 Å². The predicted octanol–water partition coefficient (Wildman–Crippen LogP) is 5.65. The lowest BCUT2D eigenvalue weighted by Gasteiger charge is -2.20. The maximum atomic E-state index is 14.2. The van der Waals surface area contributed by atoms with E-state index >= 15 is 0 Å². The number of carbonyl (C=O) groups is 1. The number of thioether (sulfide) groups is 1. The molecule has 0 aliphatic rings. The largest absolute Gasteiger partial charge is 0.337 e. The number of aryl methyl sites for hydroxylation is 1. The SMILES string of the molecule is CSc1cccc(C(=O)N(CCCn2ccnc2)c2nc3c(F)cc(F)cc3s2)c1.Cl. The zero-order valence-corrected chi connectivity index (χ0v) is 18.9. The maximum absolute atomic E-state index is 14.2. The van der Waals surface area contributed by atoms with Gasteiger partial charge in [0, 0.05) is 42.0 Å². The van der Waals surface area contributed by atoms with Crippen molar-refractivity contribution in [1.29, 1.82) is 0 Å². The summed E-state index contributed by atoms with van der Waals surface area (Å²) in [6, 6.07) is 9.37. The summed E-state index contributed by atoms with van der Waals surface area (Å²) >= 11 is 2.65. The van der Waals surface area contributed by atoms with Gasteiger partial charge in [-0.1, -0.05) is 17.4 Å². The van der Waals surface area contributed by atoms with Crippen LogP contribution in [0.3, 0.4) is 0 Å². The van der Waals surface area contributed by atoms with Crippen LogP contribution in [0.25, 0.3) is 10.2 Å². The number of anilines is 1. The molecule has 2 heterocycles. The molecule has 0 atom stereocenters. The van der Waals surface area contributed by atoms with Crippen LogP contribution in [0.1, 0.15) is 16.8 Å². The number of hydrogen-bond acceptors (Lipinski definition) is 5. The van der Waals surface area contributed by atoms with E-state index in [4.69, 9.17) is 0 Å². The summed E-state index contributed by atoms with van der Waals surface area (Å²) in [7, 11) is 0. The Morgan fingerprint density at radius 1 is 1.26 bits per heavy atom. The minimum atomic E-state index is -0.734. The van der Waals surface area contributed by atoms with Gasteiger partial charge in [0.05, 0.1) is 11.0 Å². The van der Waals surface area contributed by atoms with Crippen LogP contribution in [0, 0.1) is 11.6 Å². The maximum Gasteiger partial charge on any atom is 0.260 e. The average Bonchev–Trinajstić information content (AvgIpc) is 3.40. The summed E-state index contributed by atoms with van der Waals surface area (Å²) in [5.74, 6) is -1.62. The summed E-state index contributed by atoms with van der Waals surface area (Å²) in [5, 5.41) is 0.347. The van der Waals surface area contributed by atoms with Crippen molar-refractivity contribution in [1.82, 2.24) is 14.5 Å². The third kappa shape index (κ3) is 5.23. The Hall–Kier alpha value is -2.49. The molecule has 5 nitrogen and oxygen atoms in total. The van der Waals surface area contributed by atoms with E-state index in [0.29, 0.717) is 34.9 Å². The van der Waals surface area contributed by atoms with E-state index in [1.165, 1.54) is 6.07 Å². The van der Waals surface area contributed by atoms with E-state index < -0.39 is 11.6 Å². The number of imidazole rings is 1. The summed E-state index contributed by atoms with van der Waals surface area (Å²) in [6.07, 6.45) is 7.85. The first-order chi connectivity index (χ1) is 14.5. The molecule has 0 saturated carbocycles. The third-order valence-corrected chi connectivity index (χ3v) is 6.30. The van der Waals surface area contributed by atoms with Crippen molar-refractivity contribution in [2.24, 2.45) is 0 Å². The highest BCUT2D eigenvalue weighted by Gasteiger charge is 2.22. The molecular weight excluding hydrogens is 462 g/mol. The van der Waals surface area contributed by atoms with Crippen LogP contribution in [0.5, 0.6) is 0 Å². The quantitative estimate of drug-likeness (QED) is 0.321. The fourth-order valence-corrected chi connectivity index (χ4v) is 4.58. The van der Waals surface area contributed by atoms with E-state index in [-0.39, 0.29) is 23.8 Å². The molecule has 31 heavy (non-hydrogen) atoms. The van der Waals surface area contributed by atoms with Gasteiger partial charge in [-0.2, -0.15) is 0 Å². The van der Waals surface area contributed by atoms with Gasteiger partial charge in [-0.3, -0.25) is 9.69 Å². The molecule has 4 rings (SSSR count). The fourth-order valence-electron chi connectivity index (χ4n) is 3.09. The van der Waals surface area contributed by atoms with Crippen molar-refractivity contribution >= 4 is 56.8 Å². The lowest BCUT2D eigenvalue weighted by molar-refractivity contribution is 0.0986. The molecule has 0 aliphatic carbocycles. The predicted molar refractivity (Wildman–Crippen MR) is 124 cm³/mol. The first-order valence-electron chi connectivity index (χ1n) is 9.22. The van der Waals surface area contributed by atoms with E-state index in [1.54, 1.807) is 35.3 Å². The molecule has 0 spiro atoms. The van der Waals surface area contributed by atoms with Crippen LogP contribution >= 0.6 is 35.5 Å². The first kappa shape index (κ1) is 23.2. The van der Waals surface area contributed by atoms with Crippen LogP contribution < -0.4 is 4.90 Å². The van der Waals surface area contributed by atoms with E-state index in [2.05, 4.69) is 9.97 Å². The topological polar surface area (TPSA) is 51.0 Å². The molecule has 0 unspecified atom stereocenters. The number of rotatable bonds is 7. The second-order valence-electron chi connectivity index (χ2n) is 6.57. The molecule has 0 aliphatic heterocycles. The molecule has 10 heteroatoms. The van der Waals surface area contributed by atoms with Crippen molar-refractivity contribution in [2.75, 3.05) is 17.7 Å². The molecule has 2 aromatic heterocycles. The van der Waals surface area contributed by atoms with E-state index in [1.807, 2.05) is 35.2 Å². The molecule has 0 saturated heterocycles. The van der Waals surface area contributed by atoms with Crippen molar-refractivity contribution in [3.05, 3.63) is 72.3 Å². The highest BCUT2D eigenvalue weighted by atomic mass is 35.5. The summed E-state index contributed by atoms with van der Waals surface area (Å²) in [4.78, 5) is 24.2. The molecule has 2 aromatic carbocycles. The van der Waals surface area contributed by atoms with Gasteiger partial charge in [-0.05, 0) is 36.9 Å². The molecule has 162 valence electrons. The minimum Gasteiger partial charge on any atom is -0.337 e. The van der Waals surface area contributed by atoms with Crippen LogP contribution in [-0.2, 0) is 6.54 Å². The number of carbonyl (C=O) groups excluding carboxylic acids is 1. The molecule has 0 bridgehead atoms. The Kier molecular flexibility index (Phi) is 7.64. The van der Waals surface area contributed by atoms with E-state index in [0.717, 1.165) is 22.3 Å². The Balaban J connectivity index is 0.00000272. The van der Waals surface area contributed by atoms with Crippen molar-refractivity contribution in [2.45, 2.75) is 17.9 Å². The van der Waals surface area contributed by atoms with Gasteiger partial charge in [0.1, 0.15) is 11.3 Å². The van der Waals surface area contributed by atoms with Crippen molar-refractivity contribution < 1.29 is 13.6 Å². The minimum absolute atomic E-state index is 0. The van der Waals surface area contributed by atoms with Crippen LogP contribution in [0.4, 0.5) is 13.9 Å². The number of amides is 1. The number of nitrogens with zero attached hydrogens (tertiary/aromatic N) is 4. The Bertz CT molecular complexity index is 1180. The summed E-state index contributed by atoms with van der Waals surface area (Å²) in [5.41, 5.74) is 0.595. The molecular formula is C21H19ClF2N4OS2. The number of hydrogen-bond donors (Lipinski definition) is 0. The zero-order valence-electron chi connectivity index (χ0n) is 16.5. The number of halogens is 3. The number of thiazole rings is 1. The number of benzene rings is 2. The monoisotopic (exact) mass is 480 g/mol. The van der Waals surface area contributed by atoms with Gasteiger partial charge in [0.2, 0.25) is 0 Å². The zero-order chi connectivity index (χ0) is 21.1. The Morgan fingerprint density at radius 3 is 2.84 bits per heavy atom. The Morgan fingerprint density at radius 2 is 2.10 bits per heavy atom. The molecule has 0 fully saturated rings. The summed E-state index contributed by atoms with van der Waals surface area (Å²) < 4.78 is 30.1. The van der Waals surface area contributed by atoms with Crippen LogP contribution in [0.2, 0.25) is 0 Å². The lowest BCUT2D eigenvalue weighted by Crippen LogP contribution is -2.32. The average molecular weight is 481 g/mol. The Labute approximate surface area is 192 Å². The van der Waals surface area contributed by atoms with Crippen LogP contribution in [-0.4, -0.2) is 33.2 Å². The smallest absolute Gasteiger partial charge is 0.260 e. The highest BCUT2D eigenvalue weighted by Crippen LogP contribution is 2.32. The second-order valence-corrected chi connectivity index (χ2v) is 8.46. The molecule has 1 amide bonds. The van der Waals surface area contributed by atoms with Crippen molar-refractivity contribution in [3.63, 3.8) is 0 Å². The normalized spacial score (nSPS) is 10.8. The third-order valence-electron chi connectivity index (χ3n) is 4.55. The lowest BCUT2D eigenvalue weighted by atomic mass is 10.2. The molecule has 4 aromatic rings. The van der Waals surface area contributed by atoms with Gasteiger partial charge in [0.15, 0.2) is 10.9 Å². The summed E-state index contributed by atoms with van der Waals surface area (Å²) in [6.45, 7) is 1.05. The molecule has 0 radical (unpaired) electrons. The standard InChI is InChI=1S/C21H18F2N4OS2.ClH/c1-29-16-5-2-4-14(10-16)20(28)27(8-3-7-26-9-6-24-13-26)21-25-19-17(23)11-15(22)12-18(19)30-21;/h2,4-6,9-13H,3,7-8H2,1H3;1H. The van der Waals surface area contributed by atoms with Crippen molar-refractivity contribution in [3.8, 4) is 0 Å². The first-order valence-corrected chi connectivity index (χ1v) is 11.3.